The van der Waals surface area contributed by atoms with Gasteiger partial charge in [0.1, 0.15) is 0 Å². The average molecular weight is 182 g/mol. The van der Waals surface area contributed by atoms with Gasteiger partial charge < -0.3 is 0 Å². The number of rotatable bonds is 6. The molecule has 76 valence electrons. The van der Waals surface area contributed by atoms with Crippen molar-refractivity contribution in [3.8, 4) is 0 Å². The van der Waals surface area contributed by atoms with Gasteiger partial charge in [-0.1, -0.05) is 19.4 Å². The van der Waals surface area contributed by atoms with Crippen LogP contribution >= 0.6 is 0 Å². The molecule has 0 aliphatic heterocycles. The fraction of sp³-hybridized carbons (Fsp3) is 0.727. The lowest BCUT2D eigenvalue weighted by Crippen LogP contribution is -2.19. The van der Waals surface area contributed by atoms with Crippen molar-refractivity contribution in [2.75, 3.05) is 13.1 Å². The molecule has 13 heavy (non-hydrogen) atoms. The van der Waals surface area contributed by atoms with E-state index in [1.165, 1.54) is 5.57 Å². The molecule has 0 fully saturated rings. The van der Waals surface area contributed by atoms with Crippen molar-refractivity contribution in [3.05, 3.63) is 11.6 Å². The second-order valence-electron chi connectivity index (χ2n) is 3.46. The zero-order valence-electron chi connectivity index (χ0n) is 9.38. The summed E-state index contributed by atoms with van der Waals surface area (Å²) in [4.78, 5) is 0. The maximum atomic E-state index is 4.38. The highest BCUT2D eigenvalue weighted by atomic mass is 15.4. The molecule has 0 N–H and O–H groups in total. The van der Waals surface area contributed by atoms with Gasteiger partial charge in [-0.05, 0) is 32.8 Å². The fourth-order valence-corrected chi connectivity index (χ4v) is 1.02. The summed E-state index contributed by atoms with van der Waals surface area (Å²) in [5.41, 5.74) is 1.29. The third kappa shape index (κ3) is 7.57. The van der Waals surface area contributed by atoms with Crippen molar-refractivity contribution in [2.24, 2.45) is 5.10 Å². The normalized spacial score (nSPS) is 10.5. The van der Waals surface area contributed by atoms with E-state index in [0.717, 1.165) is 25.9 Å². The van der Waals surface area contributed by atoms with E-state index in [0.29, 0.717) is 0 Å². The number of allylic oxidation sites excluding steroid dienone is 2. The Hall–Kier alpha value is -0.790. The van der Waals surface area contributed by atoms with Crippen molar-refractivity contribution >= 4 is 6.21 Å². The molecule has 0 heterocycles. The van der Waals surface area contributed by atoms with Gasteiger partial charge in [0.05, 0.1) is 0 Å². The highest BCUT2D eigenvalue weighted by molar-refractivity contribution is 5.71. The first-order valence-corrected chi connectivity index (χ1v) is 5.13. The maximum absolute atomic E-state index is 4.38. The first kappa shape index (κ1) is 12.2. The van der Waals surface area contributed by atoms with Gasteiger partial charge in [-0.3, -0.25) is 5.01 Å². The summed E-state index contributed by atoms with van der Waals surface area (Å²) in [7, 11) is 0. The minimum atomic E-state index is 1.06. The number of nitrogens with zero attached hydrogens (tertiary/aromatic N) is 2. The van der Waals surface area contributed by atoms with E-state index >= 15 is 0 Å². The van der Waals surface area contributed by atoms with Gasteiger partial charge in [0.25, 0.3) is 0 Å². The third-order valence-corrected chi connectivity index (χ3v) is 1.60. The lowest BCUT2D eigenvalue weighted by molar-refractivity contribution is 0.291. The van der Waals surface area contributed by atoms with Crippen LogP contribution in [0.15, 0.2) is 16.8 Å². The summed E-state index contributed by atoms with van der Waals surface area (Å²) in [6.45, 7) is 10.6. The van der Waals surface area contributed by atoms with E-state index in [2.05, 4.69) is 37.8 Å². The standard InChI is InChI=1S/C11H22N2/c1-5-9-13(10-6-2)12-8-7-11(3)4/h7-8H,5-6,9-10H2,1-4H3/b12-8-. The van der Waals surface area contributed by atoms with E-state index < -0.39 is 0 Å². The van der Waals surface area contributed by atoms with Crippen LogP contribution in [0, 0.1) is 0 Å². The Morgan fingerprint density at radius 3 is 2.08 bits per heavy atom. The molecule has 0 aromatic carbocycles. The summed E-state index contributed by atoms with van der Waals surface area (Å²) < 4.78 is 0. The Balaban J connectivity index is 3.92. The van der Waals surface area contributed by atoms with Gasteiger partial charge in [-0.25, -0.2) is 0 Å². The summed E-state index contributed by atoms with van der Waals surface area (Å²) in [6.07, 6.45) is 6.25. The minimum Gasteiger partial charge on any atom is -0.297 e. The summed E-state index contributed by atoms with van der Waals surface area (Å²) in [5, 5.41) is 6.50. The van der Waals surface area contributed by atoms with E-state index in [4.69, 9.17) is 0 Å². The zero-order chi connectivity index (χ0) is 10.1. The molecule has 0 atom stereocenters. The average Bonchev–Trinajstić information content (AvgIpc) is 2.04. The van der Waals surface area contributed by atoms with Gasteiger partial charge in [0.2, 0.25) is 0 Å². The van der Waals surface area contributed by atoms with Crippen LogP contribution in [0.2, 0.25) is 0 Å². The van der Waals surface area contributed by atoms with Crippen LogP contribution in [0.1, 0.15) is 40.5 Å². The SMILES string of the molecule is CCCN(CCC)/N=C\C=C(C)C. The van der Waals surface area contributed by atoms with Crippen molar-refractivity contribution < 1.29 is 0 Å². The van der Waals surface area contributed by atoms with Crippen LogP contribution in [0.3, 0.4) is 0 Å². The molecule has 0 spiro atoms. The Morgan fingerprint density at radius 2 is 1.69 bits per heavy atom. The fourth-order valence-electron chi connectivity index (χ4n) is 1.02. The molecule has 2 nitrogen and oxygen atoms in total. The van der Waals surface area contributed by atoms with Crippen LogP contribution in [-0.4, -0.2) is 24.3 Å². The number of hydrazone groups is 1. The maximum Gasteiger partial charge on any atom is 0.0469 e. The summed E-state index contributed by atoms with van der Waals surface area (Å²) in [6, 6.07) is 0. The van der Waals surface area contributed by atoms with Crippen molar-refractivity contribution in [1.82, 2.24) is 5.01 Å². The van der Waals surface area contributed by atoms with Crippen LogP contribution < -0.4 is 0 Å². The quantitative estimate of drug-likeness (QED) is 0.455. The molecule has 0 saturated heterocycles. The van der Waals surface area contributed by atoms with Crippen LogP contribution in [0.4, 0.5) is 0 Å². The molecule has 0 bridgehead atoms. The molecule has 0 radical (unpaired) electrons. The monoisotopic (exact) mass is 182 g/mol. The minimum absolute atomic E-state index is 1.06. The molecule has 0 amide bonds. The lowest BCUT2D eigenvalue weighted by atomic mass is 10.3. The lowest BCUT2D eigenvalue weighted by Gasteiger charge is -2.16. The molecule has 0 unspecified atom stereocenters. The van der Waals surface area contributed by atoms with E-state index in [1.807, 2.05) is 12.3 Å². The first-order chi connectivity index (χ1) is 6.20. The zero-order valence-corrected chi connectivity index (χ0v) is 9.38. The Morgan fingerprint density at radius 1 is 1.15 bits per heavy atom. The third-order valence-electron chi connectivity index (χ3n) is 1.60. The highest BCUT2D eigenvalue weighted by Crippen LogP contribution is 1.94. The molecule has 0 saturated carbocycles. The summed E-state index contributed by atoms with van der Waals surface area (Å²) >= 11 is 0. The Bertz CT molecular complexity index is 161. The van der Waals surface area contributed by atoms with Gasteiger partial charge in [-0.2, -0.15) is 5.10 Å². The second-order valence-corrected chi connectivity index (χ2v) is 3.46. The molecular weight excluding hydrogens is 160 g/mol. The van der Waals surface area contributed by atoms with Crippen LogP contribution in [-0.2, 0) is 0 Å². The molecule has 2 heteroatoms. The predicted molar refractivity (Wildman–Crippen MR) is 60.1 cm³/mol. The Kier molecular flexibility index (Phi) is 7.36. The molecule has 0 rings (SSSR count). The smallest absolute Gasteiger partial charge is 0.0469 e. The van der Waals surface area contributed by atoms with E-state index in [9.17, 15) is 0 Å². The first-order valence-electron chi connectivity index (χ1n) is 5.13. The molecule has 0 aliphatic rings. The molecule has 0 aromatic heterocycles. The topological polar surface area (TPSA) is 15.6 Å². The van der Waals surface area contributed by atoms with Gasteiger partial charge in [-0.15, -0.1) is 0 Å². The van der Waals surface area contributed by atoms with Crippen LogP contribution in [0.25, 0.3) is 0 Å². The molecule has 0 aliphatic carbocycles. The van der Waals surface area contributed by atoms with E-state index in [-0.39, 0.29) is 0 Å². The molecule has 0 aromatic rings. The largest absolute Gasteiger partial charge is 0.297 e. The summed E-state index contributed by atoms with van der Waals surface area (Å²) in [5.74, 6) is 0. The van der Waals surface area contributed by atoms with E-state index in [1.54, 1.807) is 0 Å². The molecular formula is C11H22N2. The Labute approximate surface area is 82.3 Å². The second kappa shape index (κ2) is 7.84. The highest BCUT2D eigenvalue weighted by Gasteiger charge is 1.94. The number of hydrogen-bond acceptors (Lipinski definition) is 2. The van der Waals surface area contributed by atoms with Crippen LogP contribution in [0.5, 0.6) is 0 Å². The predicted octanol–water partition coefficient (Wildman–Crippen LogP) is 3.06. The van der Waals surface area contributed by atoms with Gasteiger partial charge in [0, 0.05) is 19.3 Å². The number of hydrogen-bond donors (Lipinski definition) is 0. The van der Waals surface area contributed by atoms with Crippen molar-refractivity contribution in [1.29, 1.82) is 0 Å². The van der Waals surface area contributed by atoms with Crippen molar-refractivity contribution in [3.63, 3.8) is 0 Å². The van der Waals surface area contributed by atoms with Gasteiger partial charge >= 0.3 is 0 Å². The van der Waals surface area contributed by atoms with Crippen molar-refractivity contribution in [2.45, 2.75) is 40.5 Å². The van der Waals surface area contributed by atoms with Gasteiger partial charge in [0.15, 0.2) is 0 Å².